The lowest BCUT2D eigenvalue weighted by Crippen LogP contribution is -2.30. The average molecular weight is 306 g/mol. The third-order valence-electron chi connectivity index (χ3n) is 2.53. The predicted octanol–water partition coefficient (Wildman–Crippen LogP) is 2.31. The first-order valence-corrected chi connectivity index (χ1v) is 6.47. The number of ether oxygens (including phenoxy) is 1. The Labute approximate surface area is 126 Å². The van der Waals surface area contributed by atoms with Crippen molar-refractivity contribution < 1.29 is 14.3 Å². The van der Waals surface area contributed by atoms with Gasteiger partial charge in [0.25, 0.3) is 5.91 Å². The highest BCUT2D eigenvalue weighted by atomic mass is 35.5. The van der Waals surface area contributed by atoms with Gasteiger partial charge in [0, 0.05) is 18.6 Å². The molecule has 7 heteroatoms. The Morgan fingerprint density at radius 3 is 2.71 bits per heavy atom. The number of hydrogen-bond donors (Lipinski definition) is 1. The molecule has 108 valence electrons. The molecule has 0 aliphatic rings. The third-order valence-corrected chi connectivity index (χ3v) is 2.75. The lowest BCUT2D eigenvalue weighted by atomic mass is 10.3. The zero-order valence-corrected chi connectivity index (χ0v) is 11.9. The Balaban J connectivity index is 1.93. The Bertz CT molecular complexity index is 632. The first-order valence-electron chi connectivity index (χ1n) is 6.09. The van der Waals surface area contributed by atoms with Crippen LogP contribution in [-0.4, -0.2) is 27.9 Å². The lowest BCUT2D eigenvalue weighted by molar-refractivity contribution is -0.123. The molecule has 0 bridgehead atoms. The summed E-state index contributed by atoms with van der Waals surface area (Å²) in [6, 6.07) is 6.31. The van der Waals surface area contributed by atoms with Crippen molar-refractivity contribution in [1.82, 2.24) is 9.97 Å². The number of rotatable bonds is 4. The maximum atomic E-state index is 11.9. The molecule has 0 aliphatic carbocycles. The predicted molar refractivity (Wildman–Crippen MR) is 77.0 cm³/mol. The fourth-order valence-electron chi connectivity index (χ4n) is 1.44. The molecule has 1 atom stereocenters. The van der Waals surface area contributed by atoms with Gasteiger partial charge in [0.1, 0.15) is 5.82 Å². The number of nitrogens with zero attached hydrogens (tertiary/aromatic N) is 2. The minimum Gasteiger partial charge on any atom is -0.449 e. The van der Waals surface area contributed by atoms with Crippen molar-refractivity contribution in [3.05, 3.63) is 53.4 Å². The Morgan fingerprint density at radius 2 is 2.10 bits per heavy atom. The highest BCUT2D eigenvalue weighted by Gasteiger charge is 2.19. The molecule has 2 heterocycles. The molecule has 0 aliphatic heterocycles. The Kier molecular flexibility index (Phi) is 4.84. The molecular formula is C14H12ClN3O3. The number of carbonyl (C=O) groups excluding carboxylic acids is 2. The maximum absolute atomic E-state index is 11.9. The molecule has 0 saturated carbocycles. The highest BCUT2D eigenvalue weighted by molar-refractivity contribution is 6.30. The number of anilines is 1. The molecule has 2 aromatic rings. The van der Waals surface area contributed by atoms with Crippen LogP contribution in [0.2, 0.25) is 5.02 Å². The smallest absolute Gasteiger partial charge is 0.340 e. The van der Waals surface area contributed by atoms with E-state index >= 15 is 0 Å². The standard InChI is InChI=1S/C14H12ClN3O3/c1-9(21-14(20)10-3-2-6-16-7-10)13(19)18-12-5-4-11(15)8-17-12/h2-9H,1H3,(H,17,18,19)/t9-/m0/s1. The maximum Gasteiger partial charge on any atom is 0.340 e. The number of nitrogens with one attached hydrogen (secondary N) is 1. The second-order valence-electron chi connectivity index (χ2n) is 4.14. The Hall–Kier alpha value is -2.47. The van der Waals surface area contributed by atoms with Crippen LogP contribution < -0.4 is 5.32 Å². The first kappa shape index (κ1) is 14.9. The molecule has 2 aromatic heterocycles. The fraction of sp³-hybridized carbons (Fsp3) is 0.143. The van der Waals surface area contributed by atoms with E-state index in [0.29, 0.717) is 10.8 Å². The fourth-order valence-corrected chi connectivity index (χ4v) is 1.56. The number of amides is 1. The van der Waals surface area contributed by atoms with E-state index in [4.69, 9.17) is 16.3 Å². The number of pyridine rings is 2. The highest BCUT2D eigenvalue weighted by Crippen LogP contribution is 2.10. The number of halogens is 1. The van der Waals surface area contributed by atoms with Crippen LogP contribution in [0.1, 0.15) is 17.3 Å². The van der Waals surface area contributed by atoms with Crippen LogP contribution in [0.3, 0.4) is 0 Å². The van der Waals surface area contributed by atoms with Crippen LogP contribution in [0, 0.1) is 0 Å². The molecular weight excluding hydrogens is 294 g/mol. The van der Waals surface area contributed by atoms with Gasteiger partial charge in [-0.3, -0.25) is 9.78 Å². The summed E-state index contributed by atoms with van der Waals surface area (Å²) in [7, 11) is 0. The van der Waals surface area contributed by atoms with Crippen LogP contribution >= 0.6 is 11.6 Å². The van der Waals surface area contributed by atoms with Gasteiger partial charge in [-0.15, -0.1) is 0 Å². The SMILES string of the molecule is C[C@H](OC(=O)c1cccnc1)C(=O)Nc1ccc(Cl)cn1. The van der Waals surface area contributed by atoms with Crippen molar-refractivity contribution in [2.45, 2.75) is 13.0 Å². The Morgan fingerprint density at radius 1 is 1.29 bits per heavy atom. The summed E-state index contributed by atoms with van der Waals surface area (Å²) in [5, 5.41) is 2.99. The molecule has 0 spiro atoms. The van der Waals surface area contributed by atoms with E-state index in [-0.39, 0.29) is 5.56 Å². The van der Waals surface area contributed by atoms with Gasteiger partial charge in [0.15, 0.2) is 6.10 Å². The summed E-state index contributed by atoms with van der Waals surface area (Å²) in [5.74, 6) is -0.773. The van der Waals surface area contributed by atoms with Crippen molar-refractivity contribution in [1.29, 1.82) is 0 Å². The van der Waals surface area contributed by atoms with Crippen molar-refractivity contribution in [3.8, 4) is 0 Å². The number of esters is 1. The van der Waals surface area contributed by atoms with Crippen LogP contribution in [0.15, 0.2) is 42.9 Å². The molecule has 6 nitrogen and oxygen atoms in total. The molecule has 0 fully saturated rings. The van der Waals surface area contributed by atoms with Gasteiger partial charge in [0.2, 0.25) is 0 Å². The van der Waals surface area contributed by atoms with Crippen molar-refractivity contribution >= 4 is 29.3 Å². The van der Waals surface area contributed by atoms with E-state index in [0.717, 1.165) is 0 Å². The minimum absolute atomic E-state index is 0.279. The van der Waals surface area contributed by atoms with Gasteiger partial charge in [0.05, 0.1) is 10.6 Å². The topological polar surface area (TPSA) is 81.2 Å². The molecule has 0 aromatic carbocycles. The quantitative estimate of drug-likeness (QED) is 0.877. The van der Waals surface area contributed by atoms with Gasteiger partial charge in [-0.2, -0.15) is 0 Å². The molecule has 1 amide bonds. The zero-order chi connectivity index (χ0) is 15.2. The second kappa shape index (κ2) is 6.81. The molecule has 0 radical (unpaired) electrons. The van der Waals surface area contributed by atoms with E-state index < -0.39 is 18.0 Å². The van der Waals surface area contributed by atoms with E-state index in [1.165, 1.54) is 19.3 Å². The average Bonchev–Trinajstić information content (AvgIpc) is 2.50. The summed E-state index contributed by atoms with van der Waals surface area (Å²) in [4.78, 5) is 31.4. The van der Waals surface area contributed by atoms with Gasteiger partial charge in [-0.25, -0.2) is 9.78 Å². The number of hydrogen-bond acceptors (Lipinski definition) is 5. The van der Waals surface area contributed by atoms with E-state index in [9.17, 15) is 9.59 Å². The van der Waals surface area contributed by atoms with E-state index in [2.05, 4.69) is 15.3 Å². The number of carbonyl (C=O) groups is 2. The van der Waals surface area contributed by atoms with Crippen molar-refractivity contribution in [2.24, 2.45) is 0 Å². The summed E-state index contributed by atoms with van der Waals surface area (Å²) in [6.07, 6.45) is 3.35. The van der Waals surface area contributed by atoms with Gasteiger partial charge < -0.3 is 10.1 Å². The van der Waals surface area contributed by atoms with Crippen LogP contribution in [0.25, 0.3) is 0 Å². The first-order chi connectivity index (χ1) is 10.1. The minimum atomic E-state index is -0.963. The van der Waals surface area contributed by atoms with Gasteiger partial charge in [-0.1, -0.05) is 11.6 Å². The zero-order valence-electron chi connectivity index (χ0n) is 11.1. The van der Waals surface area contributed by atoms with E-state index in [1.807, 2.05) is 0 Å². The van der Waals surface area contributed by atoms with Crippen molar-refractivity contribution in [3.63, 3.8) is 0 Å². The van der Waals surface area contributed by atoms with Crippen LogP contribution in [-0.2, 0) is 9.53 Å². The number of aromatic nitrogens is 2. The molecule has 0 saturated heterocycles. The van der Waals surface area contributed by atoms with Gasteiger partial charge in [-0.05, 0) is 31.2 Å². The molecule has 1 N–H and O–H groups in total. The summed E-state index contributed by atoms with van der Waals surface area (Å²) in [6.45, 7) is 1.47. The normalized spacial score (nSPS) is 11.5. The monoisotopic (exact) mass is 305 g/mol. The van der Waals surface area contributed by atoms with Crippen LogP contribution in [0.5, 0.6) is 0 Å². The summed E-state index contributed by atoms with van der Waals surface area (Å²) in [5.41, 5.74) is 0.279. The second-order valence-corrected chi connectivity index (χ2v) is 4.58. The summed E-state index contributed by atoms with van der Waals surface area (Å²) >= 11 is 5.70. The van der Waals surface area contributed by atoms with E-state index in [1.54, 1.807) is 30.5 Å². The lowest BCUT2D eigenvalue weighted by Gasteiger charge is -2.13. The van der Waals surface area contributed by atoms with Crippen LogP contribution in [0.4, 0.5) is 5.82 Å². The molecule has 2 rings (SSSR count). The molecule has 0 unspecified atom stereocenters. The van der Waals surface area contributed by atoms with Crippen molar-refractivity contribution in [2.75, 3.05) is 5.32 Å². The summed E-state index contributed by atoms with van der Waals surface area (Å²) < 4.78 is 5.05. The van der Waals surface area contributed by atoms with Gasteiger partial charge >= 0.3 is 5.97 Å². The molecule has 21 heavy (non-hydrogen) atoms. The largest absolute Gasteiger partial charge is 0.449 e. The third kappa shape index (κ3) is 4.25.